The maximum atomic E-state index is 11.9. The van der Waals surface area contributed by atoms with Gasteiger partial charge in [-0.15, -0.1) is 11.3 Å². The summed E-state index contributed by atoms with van der Waals surface area (Å²) in [4.78, 5) is 12.5. The first-order chi connectivity index (χ1) is 9.22. The molecule has 3 rings (SSSR count). The molecule has 0 aliphatic carbocycles. The van der Waals surface area contributed by atoms with Crippen molar-refractivity contribution >= 4 is 28.8 Å². The number of amides is 1. The van der Waals surface area contributed by atoms with E-state index in [-0.39, 0.29) is 12.0 Å². The van der Waals surface area contributed by atoms with Crippen molar-refractivity contribution in [1.82, 2.24) is 5.32 Å². The van der Waals surface area contributed by atoms with Gasteiger partial charge in [0.25, 0.3) is 5.91 Å². The normalized spacial score (nSPS) is 16.8. The lowest BCUT2D eigenvalue weighted by Gasteiger charge is -2.11. The Morgan fingerprint density at radius 3 is 2.95 bits per heavy atom. The lowest BCUT2D eigenvalue weighted by Crippen LogP contribution is -2.34. The van der Waals surface area contributed by atoms with Crippen LogP contribution >= 0.6 is 22.9 Å². The fraction of sp³-hybridized carbons (Fsp3) is 0.214. The van der Waals surface area contributed by atoms with E-state index >= 15 is 0 Å². The third-order valence-corrected chi connectivity index (χ3v) is 4.23. The number of nitrogens with one attached hydrogen (secondary N) is 1. The number of carbonyl (C=O) groups is 1. The van der Waals surface area contributed by atoms with Crippen molar-refractivity contribution in [1.29, 1.82) is 0 Å². The van der Waals surface area contributed by atoms with Crippen molar-refractivity contribution in [2.24, 2.45) is 0 Å². The Morgan fingerprint density at radius 2 is 2.21 bits per heavy atom. The molecule has 1 amide bonds. The van der Waals surface area contributed by atoms with Crippen LogP contribution in [0.2, 0.25) is 4.34 Å². The minimum Gasteiger partial charge on any atom is -0.488 e. The van der Waals surface area contributed by atoms with Crippen LogP contribution in [0.5, 0.6) is 5.75 Å². The molecule has 3 nitrogen and oxygen atoms in total. The Hall–Kier alpha value is -1.52. The minimum atomic E-state index is -0.101. The third-order valence-electron chi connectivity index (χ3n) is 3.00. The summed E-state index contributed by atoms with van der Waals surface area (Å²) in [6.07, 6.45) is 0.846. The van der Waals surface area contributed by atoms with E-state index in [0.29, 0.717) is 15.8 Å². The zero-order chi connectivity index (χ0) is 13.2. The average molecular weight is 294 g/mol. The topological polar surface area (TPSA) is 38.3 Å². The zero-order valence-electron chi connectivity index (χ0n) is 10.1. The first-order valence-corrected chi connectivity index (χ1v) is 7.20. The van der Waals surface area contributed by atoms with Gasteiger partial charge in [0.15, 0.2) is 0 Å². The smallest absolute Gasteiger partial charge is 0.261 e. The SMILES string of the molecule is O=C(NC[C@@H]1Cc2ccccc2O1)c1ccc(Cl)s1. The molecule has 0 bridgehead atoms. The van der Waals surface area contributed by atoms with E-state index in [2.05, 4.69) is 11.4 Å². The van der Waals surface area contributed by atoms with Crippen LogP contribution < -0.4 is 10.1 Å². The molecular weight excluding hydrogens is 282 g/mol. The second kappa shape index (κ2) is 5.23. The van der Waals surface area contributed by atoms with E-state index in [1.54, 1.807) is 12.1 Å². The zero-order valence-corrected chi connectivity index (χ0v) is 11.6. The van der Waals surface area contributed by atoms with Crippen LogP contribution in [0.4, 0.5) is 0 Å². The molecule has 1 atom stereocenters. The molecule has 1 aromatic carbocycles. The highest BCUT2D eigenvalue weighted by Crippen LogP contribution is 2.28. The highest BCUT2D eigenvalue weighted by molar-refractivity contribution is 7.17. The van der Waals surface area contributed by atoms with Gasteiger partial charge in [-0.1, -0.05) is 29.8 Å². The standard InChI is InChI=1S/C14H12ClNO2S/c15-13-6-5-12(19-13)14(17)16-8-10-7-9-3-1-2-4-11(9)18-10/h1-6,10H,7-8H2,(H,16,17)/t10-/m0/s1. The minimum absolute atomic E-state index is 0.0109. The van der Waals surface area contributed by atoms with Crippen LogP contribution in [0.1, 0.15) is 15.2 Å². The summed E-state index contributed by atoms with van der Waals surface area (Å²) in [7, 11) is 0. The summed E-state index contributed by atoms with van der Waals surface area (Å²) in [6.45, 7) is 0.503. The van der Waals surface area contributed by atoms with E-state index in [4.69, 9.17) is 16.3 Å². The first kappa shape index (κ1) is 12.5. The highest BCUT2D eigenvalue weighted by Gasteiger charge is 2.22. The summed E-state index contributed by atoms with van der Waals surface area (Å²) >= 11 is 7.08. The molecule has 19 heavy (non-hydrogen) atoms. The number of ether oxygens (including phenoxy) is 1. The fourth-order valence-electron chi connectivity index (χ4n) is 2.10. The molecule has 0 saturated heterocycles. The quantitative estimate of drug-likeness (QED) is 0.944. The fourth-order valence-corrected chi connectivity index (χ4v) is 3.06. The van der Waals surface area contributed by atoms with Crippen molar-refractivity contribution in [2.75, 3.05) is 6.54 Å². The van der Waals surface area contributed by atoms with Crippen molar-refractivity contribution in [3.8, 4) is 5.75 Å². The molecule has 0 saturated carbocycles. The number of hydrogen-bond donors (Lipinski definition) is 1. The van der Waals surface area contributed by atoms with Crippen molar-refractivity contribution in [3.63, 3.8) is 0 Å². The van der Waals surface area contributed by atoms with E-state index in [1.807, 2.05) is 18.2 Å². The van der Waals surface area contributed by atoms with Gasteiger partial charge in [-0.25, -0.2) is 0 Å². The molecule has 5 heteroatoms. The molecule has 0 spiro atoms. The van der Waals surface area contributed by atoms with Gasteiger partial charge in [0, 0.05) is 6.42 Å². The largest absolute Gasteiger partial charge is 0.488 e. The van der Waals surface area contributed by atoms with Gasteiger partial charge in [-0.05, 0) is 23.8 Å². The van der Waals surface area contributed by atoms with Crippen LogP contribution in [0.15, 0.2) is 36.4 Å². The molecule has 0 fully saturated rings. The second-order valence-corrected chi connectivity index (χ2v) is 6.08. The van der Waals surface area contributed by atoms with Gasteiger partial charge in [0.05, 0.1) is 15.8 Å². The van der Waals surface area contributed by atoms with Gasteiger partial charge in [-0.3, -0.25) is 4.79 Å². The Morgan fingerprint density at radius 1 is 1.37 bits per heavy atom. The van der Waals surface area contributed by atoms with Crippen LogP contribution in [0.3, 0.4) is 0 Å². The molecule has 0 radical (unpaired) electrons. The highest BCUT2D eigenvalue weighted by atomic mass is 35.5. The van der Waals surface area contributed by atoms with Gasteiger partial charge >= 0.3 is 0 Å². The monoisotopic (exact) mass is 293 g/mol. The Bertz CT molecular complexity index is 586. The number of thiophene rings is 1. The van der Waals surface area contributed by atoms with Gasteiger partial charge in [-0.2, -0.15) is 0 Å². The number of fused-ring (bicyclic) bond motifs is 1. The number of benzene rings is 1. The summed E-state index contributed by atoms with van der Waals surface area (Å²) in [5, 5.41) is 2.88. The lowest BCUT2D eigenvalue weighted by molar-refractivity contribution is 0.0937. The van der Waals surface area contributed by atoms with Gasteiger partial charge in [0.1, 0.15) is 11.9 Å². The predicted molar refractivity (Wildman–Crippen MR) is 76.2 cm³/mol. The Balaban J connectivity index is 1.56. The molecule has 1 aliphatic rings. The molecule has 2 heterocycles. The number of para-hydroxylation sites is 1. The summed E-state index contributed by atoms with van der Waals surface area (Å²) in [5.41, 5.74) is 1.20. The lowest BCUT2D eigenvalue weighted by atomic mass is 10.1. The summed E-state index contributed by atoms with van der Waals surface area (Å²) in [6, 6.07) is 11.4. The molecule has 1 aromatic heterocycles. The van der Waals surface area contributed by atoms with Crippen molar-refractivity contribution in [2.45, 2.75) is 12.5 Å². The van der Waals surface area contributed by atoms with Crippen LogP contribution in [-0.2, 0) is 6.42 Å². The Labute approximate surface area is 120 Å². The van der Waals surface area contributed by atoms with Crippen LogP contribution in [0, 0.1) is 0 Å². The van der Waals surface area contributed by atoms with E-state index in [9.17, 15) is 4.79 Å². The van der Waals surface area contributed by atoms with Crippen molar-refractivity contribution in [3.05, 3.63) is 51.2 Å². The van der Waals surface area contributed by atoms with Crippen molar-refractivity contribution < 1.29 is 9.53 Å². The third kappa shape index (κ3) is 2.74. The van der Waals surface area contributed by atoms with E-state index < -0.39 is 0 Å². The molecule has 98 valence electrons. The average Bonchev–Trinajstić information content (AvgIpc) is 3.01. The van der Waals surface area contributed by atoms with E-state index in [0.717, 1.165) is 12.2 Å². The molecule has 2 aromatic rings. The van der Waals surface area contributed by atoms with Gasteiger partial charge < -0.3 is 10.1 Å². The molecule has 1 N–H and O–H groups in total. The Kier molecular flexibility index (Phi) is 3.44. The van der Waals surface area contributed by atoms with E-state index in [1.165, 1.54) is 16.9 Å². The number of halogens is 1. The van der Waals surface area contributed by atoms with Crippen LogP contribution in [0.25, 0.3) is 0 Å². The molecular formula is C14H12ClNO2S. The summed E-state index contributed by atoms with van der Waals surface area (Å²) in [5.74, 6) is 0.817. The number of carbonyl (C=O) groups excluding carboxylic acids is 1. The maximum absolute atomic E-state index is 11.9. The first-order valence-electron chi connectivity index (χ1n) is 6.00. The number of rotatable bonds is 3. The van der Waals surface area contributed by atoms with Gasteiger partial charge in [0.2, 0.25) is 0 Å². The maximum Gasteiger partial charge on any atom is 0.261 e. The van der Waals surface area contributed by atoms with Crippen LogP contribution in [-0.4, -0.2) is 18.6 Å². The second-order valence-electron chi connectivity index (χ2n) is 4.37. The summed E-state index contributed by atoms with van der Waals surface area (Å²) < 4.78 is 6.38. The predicted octanol–water partition coefficient (Wildman–Crippen LogP) is 3.14. The number of hydrogen-bond acceptors (Lipinski definition) is 3. The molecule has 0 unspecified atom stereocenters. The molecule has 1 aliphatic heterocycles.